The van der Waals surface area contributed by atoms with E-state index in [1.165, 1.54) is 10.9 Å². The van der Waals surface area contributed by atoms with Crippen LogP contribution in [0, 0.1) is 11.3 Å². The van der Waals surface area contributed by atoms with Crippen molar-refractivity contribution in [3.05, 3.63) is 11.8 Å². The highest BCUT2D eigenvalue weighted by Gasteiger charge is 2.14. The van der Waals surface area contributed by atoms with Gasteiger partial charge in [0.2, 0.25) is 0 Å². The molecule has 0 spiro atoms. The highest BCUT2D eigenvalue weighted by Crippen LogP contribution is 2.11. The van der Waals surface area contributed by atoms with Crippen molar-refractivity contribution in [1.82, 2.24) is 14.5 Å². The second kappa shape index (κ2) is 4.96. The van der Waals surface area contributed by atoms with E-state index in [9.17, 15) is 8.42 Å². The van der Waals surface area contributed by atoms with Crippen molar-refractivity contribution < 1.29 is 8.42 Å². The second-order valence-corrected chi connectivity index (χ2v) is 4.68. The molecular weight excluding hydrogens is 230 g/mol. The number of rotatable bonds is 5. The fourth-order valence-electron chi connectivity index (χ4n) is 1.05. The van der Waals surface area contributed by atoms with Gasteiger partial charge in [0.05, 0.1) is 0 Å². The second-order valence-electron chi connectivity index (χ2n) is 3.18. The number of nitrogens with one attached hydrogen (secondary N) is 2. The molecular formula is C8H13N5O2S. The van der Waals surface area contributed by atoms with Gasteiger partial charge in [0.15, 0.2) is 5.82 Å². The summed E-state index contributed by atoms with van der Waals surface area (Å²) >= 11 is 0. The minimum atomic E-state index is -3.64. The Bertz CT molecular complexity index is 499. The zero-order valence-corrected chi connectivity index (χ0v) is 9.87. The van der Waals surface area contributed by atoms with Gasteiger partial charge in [0, 0.05) is 19.8 Å². The zero-order valence-electron chi connectivity index (χ0n) is 9.06. The van der Waals surface area contributed by atoms with Gasteiger partial charge in [-0.1, -0.05) is 6.92 Å². The van der Waals surface area contributed by atoms with Crippen LogP contribution in [-0.2, 0) is 17.3 Å². The number of aryl methyl sites for hydroxylation is 1. The van der Waals surface area contributed by atoms with Gasteiger partial charge < -0.3 is 0 Å². The van der Waals surface area contributed by atoms with E-state index >= 15 is 0 Å². The van der Waals surface area contributed by atoms with Crippen molar-refractivity contribution in [2.24, 2.45) is 7.05 Å². The molecule has 7 nitrogen and oxygen atoms in total. The van der Waals surface area contributed by atoms with Crippen LogP contribution >= 0.6 is 0 Å². The molecule has 8 heteroatoms. The lowest BCUT2D eigenvalue weighted by Crippen LogP contribution is -2.31. The average Bonchev–Trinajstić information content (AvgIpc) is 2.55. The molecule has 0 aliphatic rings. The summed E-state index contributed by atoms with van der Waals surface area (Å²) in [6, 6.07) is 1.86. The number of hydrogen-bond donors (Lipinski definition) is 2. The number of nitrogens with zero attached hydrogens (tertiary/aromatic N) is 3. The summed E-state index contributed by atoms with van der Waals surface area (Å²) in [7, 11) is -2.03. The standard InChI is InChI=1S/C8H13N5O2S/c1-3-4-10-16(14,15)12-8-7(5-9)6-13(2)11-8/h6,10H,3-4H2,1-2H3,(H,11,12). The van der Waals surface area contributed by atoms with Crippen LogP contribution in [0.4, 0.5) is 5.82 Å². The number of anilines is 1. The van der Waals surface area contributed by atoms with E-state index in [4.69, 9.17) is 5.26 Å². The van der Waals surface area contributed by atoms with E-state index in [1.54, 1.807) is 7.05 Å². The molecule has 0 unspecified atom stereocenters. The lowest BCUT2D eigenvalue weighted by Gasteiger charge is -2.05. The van der Waals surface area contributed by atoms with Crippen molar-refractivity contribution in [3.63, 3.8) is 0 Å². The molecule has 0 radical (unpaired) electrons. The third kappa shape index (κ3) is 3.22. The monoisotopic (exact) mass is 243 g/mol. The first-order chi connectivity index (χ1) is 7.48. The Morgan fingerprint density at radius 2 is 2.31 bits per heavy atom. The third-order valence-electron chi connectivity index (χ3n) is 1.72. The molecule has 1 aromatic heterocycles. The van der Waals surface area contributed by atoms with Crippen LogP contribution in [0.5, 0.6) is 0 Å². The molecule has 0 saturated carbocycles. The molecule has 0 aliphatic heterocycles. The lowest BCUT2D eigenvalue weighted by molar-refractivity contribution is 0.586. The molecule has 1 aromatic rings. The summed E-state index contributed by atoms with van der Waals surface area (Å²) in [5.74, 6) is 0.0357. The minimum Gasteiger partial charge on any atom is -0.272 e. The van der Waals surface area contributed by atoms with Gasteiger partial charge in [-0.3, -0.25) is 9.40 Å². The fraction of sp³-hybridized carbons (Fsp3) is 0.500. The largest absolute Gasteiger partial charge is 0.300 e. The Hall–Kier alpha value is -1.59. The average molecular weight is 243 g/mol. The molecule has 2 N–H and O–H groups in total. The predicted octanol–water partition coefficient (Wildman–Crippen LogP) is -0.0519. The van der Waals surface area contributed by atoms with Gasteiger partial charge in [0.25, 0.3) is 10.2 Å². The van der Waals surface area contributed by atoms with Crippen LogP contribution < -0.4 is 9.44 Å². The Morgan fingerprint density at radius 3 is 2.88 bits per heavy atom. The normalized spacial score (nSPS) is 11.1. The first kappa shape index (κ1) is 12.5. The van der Waals surface area contributed by atoms with Crippen molar-refractivity contribution in [2.45, 2.75) is 13.3 Å². The molecule has 1 heterocycles. The summed E-state index contributed by atoms with van der Waals surface area (Å²) in [4.78, 5) is 0. The van der Waals surface area contributed by atoms with Gasteiger partial charge in [0.1, 0.15) is 11.6 Å². The van der Waals surface area contributed by atoms with E-state index in [-0.39, 0.29) is 11.4 Å². The minimum absolute atomic E-state index is 0.0357. The van der Waals surface area contributed by atoms with Crippen LogP contribution in [0.2, 0.25) is 0 Å². The Morgan fingerprint density at radius 1 is 1.62 bits per heavy atom. The highest BCUT2D eigenvalue weighted by molar-refractivity contribution is 7.90. The summed E-state index contributed by atoms with van der Waals surface area (Å²) in [6.45, 7) is 2.19. The fourth-order valence-corrected chi connectivity index (χ4v) is 2.00. The van der Waals surface area contributed by atoms with E-state index in [0.717, 1.165) is 0 Å². The van der Waals surface area contributed by atoms with Crippen molar-refractivity contribution >= 4 is 16.0 Å². The van der Waals surface area contributed by atoms with Crippen molar-refractivity contribution in [1.29, 1.82) is 5.26 Å². The van der Waals surface area contributed by atoms with Gasteiger partial charge >= 0.3 is 0 Å². The van der Waals surface area contributed by atoms with Crippen LogP contribution in [0.15, 0.2) is 6.20 Å². The van der Waals surface area contributed by atoms with E-state index in [1.807, 2.05) is 13.0 Å². The molecule has 16 heavy (non-hydrogen) atoms. The molecule has 0 bridgehead atoms. The lowest BCUT2D eigenvalue weighted by atomic mass is 10.4. The smallest absolute Gasteiger partial charge is 0.272 e. The Kier molecular flexibility index (Phi) is 3.87. The molecule has 1 rings (SSSR count). The molecule has 0 aromatic carbocycles. The molecule has 0 amide bonds. The maximum absolute atomic E-state index is 11.5. The topological polar surface area (TPSA) is 99.8 Å². The number of hydrogen-bond acceptors (Lipinski definition) is 4. The molecule has 0 aliphatic carbocycles. The van der Waals surface area contributed by atoms with Crippen molar-refractivity contribution in [2.75, 3.05) is 11.3 Å². The molecule has 88 valence electrons. The van der Waals surface area contributed by atoms with Crippen LogP contribution in [-0.4, -0.2) is 24.7 Å². The molecule has 0 fully saturated rings. The van der Waals surface area contributed by atoms with E-state index in [2.05, 4.69) is 14.5 Å². The third-order valence-corrected chi connectivity index (χ3v) is 2.77. The SMILES string of the molecule is CCCNS(=O)(=O)Nc1nn(C)cc1C#N. The van der Waals surface area contributed by atoms with E-state index in [0.29, 0.717) is 13.0 Å². The predicted molar refractivity (Wildman–Crippen MR) is 58.8 cm³/mol. The maximum atomic E-state index is 11.5. The summed E-state index contributed by atoms with van der Waals surface area (Å²) in [6.07, 6.45) is 2.13. The summed E-state index contributed by atoms with van der Waals surface area (Å²) < 4.78 is 28.8. The van der Waals surface area contributed by atoms with Crippen LogP contribution in [0.25, 0.3) is 0 Å². The maximum Gasteiger partial charge on any atom is 0.300 e. The molecule has 0 atom stereocenters. The number of aromatic nitrogens is 2. The highest BCUT2D eigenvalue weighted by atomic mass is 32.2. The Balaban J connectivity index is 2.84. The van der Waals surface area contributed by atoms with Gasteiger partial charge in [-0.2, -0.15) is 23.5 Å². The summed E-state index contributed by atoms with van der Waals surface area (Å²) in [5.41, 5.74) is 0.185. The zero-order chi connectivity index (χ0) is 12.2. The van der Waals surface area contributed by atoms with Crippen molar-refractivity contribution in [3.8, 4) is 6.07 Å². The Labute approximate surface area is 94.3 Å². The van der Waals surface area contributed by atoms with Gasteiger partial charge in [-0.15, -0.1) is 0 Å². The van der Waals surface area contributed by atoms with Crippen LogP contribution in [0.3, 0.4) is 0 Å². The number of nitriles is 1. The van der Waals surface area contributed by atoms with Gasteiger partial charge in [-0.25, -0.2) is 0 Å². The van der Waals surface area contributed by atoms with Gasteiger partial charge in [-0.05, 0) is 6.42 Å². The molecule has 0 saturated heterocycles. The quantitative estimate of drug-likeness (QED) is 0.757. The van der Waals surface area contributed by atoms with E-state index < -0.39 is 10.2 Å². The first-order valence-corrected chi connectivity index (χ1v) is 6.18. The summed E-state index contributed by atoms with van der Waals surface area (Å²) in [5, 5.41) is 12.6. The first-order valence-electron chi connectivity index (χ1n) is 4.69. The van der Waals surface area contributed by atoms with Crippen LogP contribution in [0.1, 0.15) is 18.9 Å².